The molecule has 1 fully saturated rings. The van der Waals surface area contributed by atoms with E-state index in [1.807, 2.05) is 0 Å². The zero-order chi connectivity index (χ0) is 16.4. The zero-order valence-electron chi connectivity index (χ0n) is 11.8. The van der Waals surface area contributed by atoms with Gasteiger partial charge in [0.05, 0.1) is 13.5 Å². The molecule has 8 heteroatoms. The maximum atomic E-state index is 12.3. The largest absolute Gasteiger partial charge is 0.467 e. The van der Waals surface area contributed by atoms with Gasteiger partial charge in [0.15, 0.2) is 0 Å². The molecule has 2 rings (SSSR count). The van der Waals surface area contributed by atoms with Gasteiger partial charge in [0.2, 0.25) is 0 Å². The van der Waals surface area contributed by atoms with Crippen LogP contribution in [0.1, 0.15) is 18.4 Å². The van der Waals surface area contributed by atoms with E-state index in [0.717, 1.165) is 0 Å². The van der Waals surface area contributed by atoms with Crippen LogP contribution >= 0.6 is 0 Å². The van der Waals surface area contributed by atoms with Crippen LogP contribution in [0.3, 0.4) is 0 Å². The number of carbonyl (C=O) groups is 2. The molecule has 2 amide bonds. The van der Waals surface area contributed by atoms with Crippen molar-refractivity contribution in [3.05, 3.63) is 29.8 Å². The van der Waals surface area contributed by atoms with Gasteiger partial charge in [-0.25, -0.2) is 9.59 Å². The number of hydrogen-bond acceptors (Lipinski definition) is 3. The van der Waals surface area contributed by atoms with Crippen LogP contribution < -0.4 is 10.6 Å². The second-order valence-electron chi connectivity index (χ2n) is 5.15. The van der Waals surface area contributed by atoms with Crippen molar-refractivity contribution in [2.24, 2.45) is 0 Å². The number of carbonyl (C=O) groups excluding carboxylic acids is 2. The standard InChI is InChI=1S/C14H15F3N2O3/c1-22-11(20)13(5-6-13)19-12(21)18-10-4-2-3-9(7-10)8-14(15,16)17/h2-4,7H,5-6,8H2,1H3,(H2,18,19,21). The summed E-state index contributed by atoms with van der Waals surface area (Å²) in [4.78, 5) is 23.3. The number of halogens is 3. The van der Waals surface area contributed by atoms with Gasteiger partial charge in [-0.1, -0.05) is 12.1 Å². The molecule has 0 spiro atoms. The summed E-state index contributed by atoms with van der Waals surface area (Å²) in [6.45, 7) is 0. The highest BCUT2D eigenvalue weighted by atomic mass is 19.4. The molecule has 1 aliphatic rings. The van der Waals surface area contributed by atoms with E-state index >= 15 is 0 Å². The number of amides is 2. The Labute approximate surface area is 124 Å². The van der Waals surface area contributed by atoms with Crippen molar-refractivity contribution >= 4 is 17.7 Å². The van der Waals surface area contributed by atoms with E-state index in [1.165, 1.54) is 31.4 Å². The number of urea groups is 1. The first-order chi connectivity index (χ1) is 10.2. The summed E-state index contributed by atoms with van der Waals surface area (Å²) < 4.78 is 41.6. The minimum Gasteiger partial charge on any atom is -0.467 e. The number of methoxy groups -OCH3 is 1. The third kappa shape index (κ3) is 4.12. The van der Waals surface area contributed by atoms with Gasteiger partial charge in [-0.05, 0) is 30.5 Å². The lowest BCUT2D eigenvalue weighted by atomic mass is 10.1. The quantitative estimate of drug-likeness (QED) is 0.839. The number of rotatable bonds is 4. The first kappa shape index (κ1) is 16.1. The molecule has 2 N–H and O–H groups in total. The fourth-order valence-corrected chi connectivity index (χ4v) is 2.07. The van der Waals surface area contributed by atoms with E-state index in [-0.39, 0.29) is 11.3 Å². The molecule has 1 aromatic carbocycles. The second kappa shape index (κ2) is 5.86. The first-order valence-corrected chi connectivity index (χ1v) is 6.57. The Hall–Kier alpha value is -2.25. The summed E-state index contributed by atoms with van der Waals surface area (Å²) in [5.74, 6) is -0.534. The maximum absolute atomic E-state index is 12.3. The Balaban J connectivity index is 1.97. The van der Waals surface area contributed by atoms with E-state index in [1.54, 1.807) is 0 Å². The fourth-order valence-electron chi connectivity index (χ4n) is 2.07. The van der Waals surface area contributed by atoms with Crippen LogP contribution in [-0.2, 0) is 16.0 Å². The summed E-state index contributed by atoms with van der Waals surface area (Å²) in [6.07, 6.45) is -4.44. The zero-order valence-corrected chi connectivity index (χ0v) is 11.8. The Morgan fingerprint density at radius 2 is 2.00 bits per heavy atom. The summed E-state index contributed by atoms with van der Waals surface area (Å²) in [5, 5.41) is 4.91. The molecule has 0 heterocycles. The van der Waals surface area contributed by atoms with Crippen LogP contribution in [0.15, 0.2) is 24.3 Å². The number of anilines is 1. The van der Waals surface area contributed by atoms with E-state index < -0.39 is 30.1 Å². The Morgan fingerprint density at radius 1 is 1.32 bits per heavy atom. The lowest BCUT2D eigenvalue weighted by Crippen LogP contribution is -2.45. The van der Waals surface area contributed by atoms with Crippen LogP contribution in [0.2, 0.25) is 0 Å². The lowest BCUT2D eigenvalue weighted by Gasteiger charge is -2.15. The number of alkyl halides is 3. The lowest BCUT2D eigenvalue weighted by molar-refractivity contribution is -0.144. The molecular weight excluding hydrogens is 301 g/mol. The minimum absolute atomic E-state index is 0.0411. The van der Waals surface area contributed by atoms with Gasteiger partial charge in [0.25, 0.3) is 0 Å². The van der Waals surface area contributed by atoms with Crippen molar-refractivity contribution in [1.82, 2.24) is 5.32 Å². The van der Waals surface area contributed by atoms with Crippen LogP contribution in [0.5, 0.6) is 0 Å². The van der Waals surface area contributed by atoms with Gasteiger partial charge in [0.1, 0.15) is 5.54 Å². The predicted molar refractivity (Wildman–Crippen MR) is 72.3 cm³/mol. The number of benzene rings is 1. The van der Waals surface area contributed by atoms with E-state index in [0.29, 0.717) is 12.8 Å². The highest BCUT2D eigenvalue weighted by Gasteiger charge is 2.52. The van der Waals surface area contributed by atoms with Gasteiger partial charge in [-0.2, -0.15) is 13.2 Å². The molecule has 120 valence electrons. The van der Waals surface area contributed by atoms with E-state index in [4.69, 9.17) is 0 Å². The third-order valence-corrected chi connectivity index (χ3v) is 3.27. The molecule has 0 bridgehead atoms. The number of nitrogens with one attached hydrogen (secondary N) is 2. The molecule has 1 aromatic rings. The number of ether oxygens (including phenoxy) is 1. The monoisotopic (exact) mass is 316 g/mol. The van der Waals surface area contributed by atoms with E-state index in [2.05, 4.69) is 15.4 Å². The minimum atomic E-state index is -4.32. The van der Waals surface area contributed by atoms with Gasteiger partial charge in [-0.3, -0.25) is 0 Å². The summed E-state index contributed by atoms with van der Waals surface area (Å²) in [6, 6.07) is 4.80. The van der Waals surface area contributed by atoms with Gasteiger partial charge >= 0.3 is 18.2 Å². The average molecular weight is 316 g/mol. The SMILES string of the molecule is COC(=O)C1(NC(=O)Nc2cccc(CC(F)(F)F)c2)CC1. The van der Waals surface area contributed by atoms with Crippen LogP contribution in [-0.4, -0.2) is 30.8 Å². The van der Waals surface area contributed by atoms with Gasteiger partial charge in [-0.15, -0.1) is 0 Å². The molecular formula is C14H15F3N2O3. The van der Waals surface area contributed by atoms with Crippen molar-refractivity contribution < 1.29 is 27.5 Å². The molecule has 0 saturated heterocycles. The Kier molecular flexibility index (Phi) is 4.30. The first-order valence-electron chi connectivity index (χ1n) is 6.57. The molecule has 22 heavy (non-hydrogen) atoms. The normalized spacial score (nSPS) is 15.8. The summed E-state index contributed by atoms with van der Waals surface area (Å²) in [7, 11) is 1.22. The van der Waals surface area contributed by atoms with Gasteiger partial charge in [0, 0.05) is 5.69 Å². The maximum Gasteiger partial charge on any atom is 0.393 e. The molecule has 0 unspecified atom stereocenters. The van der Waals surface area contributed by atoms with E-state index in [9.17, 15) is 22.8 Å². The van der Waals surface area contributed by atoms with Crippen molar-refractivity contribution in [1.29, 1.82) is 0 Å². The molecule has 1 saturated carbocycles. The van der Waals surface area contributed by atoms with Crippen LogP contribution in [0.4, 0.5) is 23.7 Å². The molecule has 0 aliphatic heterocycles. The fraction of sp³-hybridized carbons (Fsp3) is 0.429. The average Bonchev–Trinajstić information content (AvgIpc) is 3.16. The molecule has 0 atom stereocenters. The topological polar surface area (TPSA) is 67.4 Å². The number of hydrogen-bond donors (Lipinski definition) is 2. The smallest absolute Gasteiger partial charge is 0.393 e. The van der Waals surface area contributed by atoms with Crippen LogP contribution in [0.25, 0.3) is 0 Å². The summed E-state index contributed by atoms with van der Waals surface area (Å²) >= 11 is 0. The second-order valence-corrected chi connectivity index (χ2v) is 5.15. The number of esters is 1. The molecule has 5 nitrogen and oxygen atoms in total. The van der Waals surface area contributed by atoms with Gasteiger partial charge < -0.3 is 15.4 Å². The molecule has 1 aliphatic carbocycles. The molecule has 0 radical (unpaired) electrons. The van der Waals surface area contributed by atoms with Crippen molar-refractivity contribution in [2.75, 3.05) is 12.4 Å². The van der Waals surface area contributed by atoms with Crippen molar-refractivity contribution in [3.63, 3.8) is 0 Å². The third-order valence-electron chi connectivity index (χ3n) is 3.27. The predicted octanol–water partition coefficient (Wildman–Crippen LogP) is 2.62. The highest BCUT2D eigenvalue weighted by Crippen LogP contribution is 2.36. The van der Waals surface area contributed by atoms with Crippen molar-refractivity contribution in [2.45, 2.75) is 31.0 Å². The summed E-state index contributed by atoms with van der Waals surface area (Å²) in [5.41, 5.74) is -0.748. The highest BCUT2D eigenvalue weighted by molar-refractivity contribution is 5.95. The van der Waals surface area contributed by atoms with Crippen LogP contribution in [0, 0.1) is 0 Å². The Bertz CT molecular complexity index is 583. The van der Waals surface area contributed by atoms with Crippen molar-refractivity contribution in [3.8, 4) is 0 Å². The Morgan fingerprint density at radius 3 is 2.55 bits per heavy atom. The molecule has 0 aromatic heterocycles.